The molecule has 2 atom stereocenters. The number of amides is 1. The third-order valence-electron chi connectivity index (χ3n) is 5.04. The number of carbonyl (C=O) groups is 1. The number of nitrogens with one attached hydrogen (secondary N) is 1. The Morgan fingerprint density at radius 2 is 2.26 bits per heavy atom. The van der Waals surface area contributed by atoms with E-state index < -0.39 is 0 Å². The summed E-state index contributed by atoms with van der Waals surface area (Å²) in [5.74, 6) is 0. The fourth-order valence-electron chi connectivity index (χ4n) is 3.52. The van der Waals surface area contributed by atoms with E-state index in [2.05, 4.69) is 36.3 Å². The second-order valence-electron chi connectivity index (χ2n) is 6.60. The van der Waals surface area contributed by atoms with Gasteiger partial charge in [-0.3, -0.25) is 4.90 Å². The maximum atomic E-state index is 11.7. The molecule has 2 aliphatic heterocycles. The fourth-order valence-corrected chi connectivity index (χ4v) is 3.52. The van der Waals surface area contributed by atoms with Crippen molar-refractivity contribution >= 4 is 11.8 Å². The number of nitrogens with zero attached hydrogens (tertiary/aromatic N) is 2. The summed E-state index contributed by atoms with van der Waals surface area (Å²) in [4.78, 5) is 15.9. The highest BCUT2D eigenvalue weighted by atomic mass is 16.6. The van der Waals surface area contributed by atoms with E-state index in [4.69, 9.17) is 4.74 Å². The van der Waals surface area contributed by atoms with Gasteiger partial charge in [0.25, 0.3) is 0 Å². The first-order valence-electron chi connectivity index (χ1n) is 8.63. The van der Waals surface area contributed by atoms with Crippen LogP contribution in [0, 0.1) is 0 Å². The van der Waals surface area contributed by atoms with Crippen molar-refractivity contribution in [1.82, 2.24) is 10.2 Å². The molecule has 0 spiro atoms. The molecule has 1 aromatic rings. The maximum absolute atomic E-state index is 11.7. The van der Waals surface area contributed by atoms with Crippen molar-refractivity contribution in [2.45, 2.75) is 38.3 Å². The SMILES string of the molecule is C[C@@H](NCC[C@H]1CCCN1C)c1cccc(N2CCOC2=O)c1. The van der Waals surface area contributed by atoms with Crippen molar-refractivity contribution in [2.24, 2.45) is 0 Å². The van der Waals surface area contributed by atoms with Gasteiger partial charge in [-0.1, -0.05) is 12.1 Å². The molecule has 2 fully saturated rings. The Morgan fingerprint density at radius 3 is 2.96 bits per heavy atom. The van der Waals surface area contributed by atoms with Gasteiger partial charge in [0.15, 0.2) is 0 Å². The van der Waals surface area contributed by atoms with Crippen LogP contribution in [0.5, 0.6) is 0 Å². The zero-order valence-corrected chi connectivity index (χ0v) is 14.1. The third kappa shape index (κ3) is 3.85. The molecule has 5 nitrogen and oxygen atoms in total. The van der Waals surface area contributed by atoms with Crippen LogP contribution in [0.2, 0.25) is 0 Å². The Balaban J connectivity index is 1.54. The predicted octanol–water partition coefficient (Wildman–Crippen LogP) is 2.78. The van der Waals surface area contributed by atoms with Crippen LogP contribution in [0.1, 0.15) is 37.8 Å². The predicted molar refractivity (Wildman–Crippen MR) is 91.8 cm³/mol. The largest absolute Gasteiger partial charge is 0.447 e. The maximum Gasteiger partial charge on any atom is 0.414 e. The van der Waals surface area contributed by atoms with Crippen molar-refractivity contribution in [3.63, 3.8) is 0 Å². The fraction of sp³-hybridized carbons (Fsp3) is 0.611. The summed E-state index contributed by atoms with van der Waals surface area (Å²) in [6, 6.07) is 9.19. The summed E-state index contributed by atoms with van der Waals surface area (Å²) in [5, 5.41) is 3.61. The summed E-state index contributed by atoms with van der Waals surface area (Å²) in [5.41, 5.74) is 2.14. The van der Waals surface area contributed by atoms with E-state index in [1.807, 2.05) is 12.1 Å². The van der Waals surface area contributed by atoms with E-state index in [0.29, 0.717) is 13.2 Å². The van der Waals surface area contributed by atoms with Gasteiger partial charge in [0.2, 0.25) is 0 Å². The highest BCUT2D eigenvalue weighted by molar-refractivity contribution is 5.89. The second kappa shape index (κ2) is 7.32. The number of cyclic esters (lactones) is 1. The second-order valence-corrected chi connectivity index (χ2v) is 6.60. The number of carbonyl (C=O) groups excluding carboxylic acids is 1. The normalized spacial score (nSPS) is 23.3. The molecule has 0 aromatic heterocycles. The van der Waals surface area contributed by atoms with Crippen LogP contribution < -0.4 is 10.2 Å². The van der Waals surface area contributed by atoms with E-state index in [9.17, 15) is 4.79 Å². The molecule has 5 heteroatoms. The molecule has 3 rings (SSSR count). The monoisotopic (exact) mass is 317 g/mol. The van der Waals surface area contributed by atoms with Gasteiger partial charge in [0.05, 0.1) is 6.54 Å². The molecular formula is C18H27N3O2. The lowest BCUT2D eigenvalue weighted by Gasteiger charge is -2.22. The average Bonchev–Trinajstić information content (AvgIpc) is 3.16. The van der Waals surface area contributed by atoms with Crippen LogP contribution in [0.4, 0.5) is 10.5 Å². The molecule has 2 aliphatic rings. The molecule has 23 heavy (non-hydrogen) atoms. The van der Waals surface area contributed by atoms with Crippen molar-refractivity contribution in [2.75, 3.05) is 38.2 Å². The van der Waals surface area contributed by atoms with Gasteiger partial charge in [0.1, 0.15) is 6.61 Å². The highest BCUT2D eigenvalue weighted by Gasteiger charge is 2.24. The summed E-state index contributed by atoms with van der Waals surface area (Å²) in [7, 11) is 2.22. The van der Waals surface area contributed by atoms with Gasteiger partial charge in [0, 0.05) is 17.8 Å². The summed E-state index contributed by atoms with van der Waals surface area (Å²) >= 11 is 0. The lowest BCUT2D eigenvalue weighted by atomic mass is 10.1. The van der Waals surface area contributed by atoms with Crippen LogP contribution >= 0.6 is 0 Å². The minimum absolute atomic E-state index is 0.243. The first kappa shape index (κ1) is 16.3. The number of rotatable bonds is 6. The van der Waals surface area contributed by atoms with E-state index in [0.717, 1.165) is 18.3 Å². The molecule has 1 aromatic carbocycles. The van der Waals surface area contributed by atoms with Crippen LogP contribution in [0.3, 0.4) is 0 Å². The quantitative estimate of drug-likeness (QED) is 0.876. The van der Waals surface area contributed by atoms with Crippen LogP contribution in [-0.4, -0.2) is 50.3 Å². The summed E-state index contributed by atoms with van der Waals surface area (Å²) < 4.78 is 5.02. The zero-order chi connectivity index (χ0) is 16.2. The average molecular weight is 317 g/mol. The van der Waals surface area contributed by atoms with Gasteiger partial charge in [-0.2, -0.15) is 0 Å². The van der Waals surface area contributed by atoms with Crippen molar-refractivity contribution in [1.29, 1.82) is 0 Å². The van der Waals surface area contributed by atoms with E-state index >= 15 is 0 Å². The van der Waals surface area contributed by atoms with Crippen molar-refractivity contribution in [3.05, 3.63) is 29.8 Å². The number of anilines is 1. The van der Waals surface area contributed by atoms with Gasteiger partial charge in [-0.05, 0) is 64.0 Å². The molecule has 0 bridgehead atoms. The lowest BCUT2D eigenvalue weighted by Crippen LogP contribution is -2.30. The first-order valence-corrected chi connectivity index (χ1v) is 8.63. The van der Waals surface area contributed by atoms with Gasteiger partial charge in [-0.25, -0.2) is 4.79 Å². The molecule has 2 heterocycles. The van der Waals surface area contributed by atoms with Crippen molar-refractivity contribution < 1.29 is 9.53 Å². The topological polar surface area (TPSA) is 44.8 Å². The molecule has 1 amide bonds. The van der Waals surface area contributed by atoms with E-state index in [1.165, 1.54) is 31.4 Å². The Labute approximate surface area is 138 Å². The number of hydrogen-bond donors (Lipinski definition) is 1. The zero-order valence-electron chi connectivity index (χ0n) is 14.1. The summed E-state index contributed by atoms with van der Waals surface area (Å²) in [6.45, 7) is 5.55. The standard InChI is InChI=1S/C18H27N3O2/c1-14(19-9-8-16-7-4-10-20(16)2)15-5-3-6-17(13-15)21-11-12-23-18(21)22/h3,5-6,13-14,16,19H,4,7-12H2,1-2H3/t14-,16-/m1/s1. The van der Waals surface area contributed by atoms with E-state index in [1.54, 1.807) is 4.90 Å². The first-order chi connectivity index (χ1) is 11.1. The highest BCUT2D eigenvalue weighted by Crippen LogP contribution is 2.23. The molecule has 0 unspecified atom stereocenters. The van der Waals surface area contributed by atoms with Crippen LogP contribution in [-0.2, 0) is 4.74 Å². The molecule has 2 saturated heterocycles. The molecule has 0 saturated carbocycles. The lowest BCUT2D eigenvalue weighted by molar-refractivity contribution is 0.181. The van der Waals surface area contributed by atoms with Gasteiger partial charge >= 0.3 is 6.09 Å². The molecular weight excluding hydrogens is 290 g/mol. The third-order valence-corrected chi connectivity index (χ3v) is 5.04. The van der Waals surface area contributed by atoms with Gasteiger partial charge < -0.3 is 15.0 Å². The van der Waals surface area contributed by atoms with E-state index in [-0.39, 0.29) is 12.1 Å². The van der Waals surface area contributed by atoms with Crippen molar-refractivity contribution in [3.8, 4) is 0 Å². The Bertz CT molecular complexity index is 549. The molecule has 0 radical (unpaired) electrons. The minimum atomic E-state index is -0.243. The number of benzene rings is 1. The minimum Gasteiger partial charge on any atom is -0.447 e. The Hall–Kier alpha value is -1.59. The van der Waals surface area contributed by atoms with Crippen LogP contribution in [0.25, 0.3) is 0 Å². The van der Waals surface area contributed by atoms with Crippen LogP contribution in [0.15, 0.2) is 24.3 Å². The van der Waals surface area contributed by atoms with Gasteiger partial charge in [-0.15, -0.1) is 0 Å². The number of ether oxygens (including phenoxy) is 1. The molecule has 126 valence electrons. The summed E-state index contributed by atoms with van der Waals surface area (Å²) in [6.07, 6.45) is 3.59. The number of hydrogen-bond acceptors (Lipinski definition) is 4. The Kier molecular flexibility index (Phi) is 5.18. The molecule has 1 N–H and O–H groups in total. The Morgan fingerprint density at radius 1 is 1.39 bits per heavy atom. The molecule has 0 aliphatic carbocycles. The smallest absolute Gasteiger partial charge is 0.414 e. The number of likely N-dealkylation sites (tertiary alicyclic amines) is 1.